The number of amides is 1. The molecule has 0 aliphatic carbocycles. The number of nitrogens with one attached hydrogen (secondary N) is 1. The maximum atomic E-state index is 10.9. The van der Waals surface area contributed by atoms with Crippen LogP contribution in [0.3, 0.4) is 0 Å². The first-order chi connectivity index (χ1) is 5.45. The number of rotatable bonds is 4. The van der Waals surface area contributed by atoms with Crippen LogP contribution in [0.5, 0.6) is 0 Å². The van der Waals surface area contributed by atoms with Crippen LogP contribution >= 0.6 is 0 Å². The number of aliphatic hydroxyl groups is 1. The average Bonchev–Trinajstić information content (AvgIpc) is 1.98. The van der Waals surface area contributed by atoms with Gasteiger partial charge in [0.2, 0.25) is 5.91 Å². The minimum absolute atomic E-state index is 0.0424. The molecule has 0 aromatic rings. The van der Waals surface area contributed by atoms with Crippen LogP contribution in [0.4, 0.5) is 0 Å². The Labute approximate surface area is 70.9 Å². The number of aliphatic hydroxyl groups excluding tert-OH is 1. The number of nitrogens with two attached hydrogens (primary N) is 1. The molecule has 0 aromatic heterocycles. The van der Waals surface area contributed by atoms with Crippen molar-refractivity contribution in [1.29, 1.82) is 0 Å². The Morgan fingerprint density at radius 1 is 1.58 bits per heavy atom. The number of carbonyl (C=O) groups excluding carboxylic acids is 2. The smallest absolute Gasteiger partial charge is 0.239 e. The van der Waals surface area contributed by atoms with Gasteiger partial charge in [-0.1, -0.05) is 0 Å². The molecule has 0 saturated heterocycles. The zero-order valence-electron chi connectivity index (χ0n) is 7.20. The largest absolute Gasteiger partial charge is 0.391 e. The highest BCUT2D eigenvalue weighted by Crippen LogP contribution is 1.87. The van der Waals surface area contributed by atoms with Crippen LogP contribution in [0.25, 0.3) is 0 Å². The molecule has 2 atom stereocenters. The highest BCUT2D eigenvalue weighted by Gasteiger charge is 2.18. The summed E-state index contributed by atoms with van der Waals surface area (Å²) in [5, 5.41) is 11.2. The van der Waals surface area contributed by atoms with Gasteiger partial charge in [-0.05, 0) is 13.8 Å². The lowest BCUT2D eigenvalue weighted by atomic mass is 10.2. The molecule has 0 saturated carbocycles. The zero-order valence-corrected chi connectivity index (χ0v) is 7.20. The van der Waals surface area contributed by atoms with E-state index in [0.29, 0.717) is 0 Å². The fourth-order valence-corrected chi connectivity index (χ4v) is 0.549. The summed E-state index contributed by atoms with van der Waals surface area (Å²) in [4.78, 5) is 21.4. The lowest BCUT2D eigenvalue weighted by molar-refractivity contribution is -0.127. The first-order valence-corrected chi connectivity index (χ1v) is 3.66. The number of hydrogen-bond donors (Lipinski definition) is 3. The molecule has 0 bridgehead atoms. The average molecular weight is 174 g/mol. The first kappa shape index (κ1) is 11.1. The molecule has 0 heterocycles. The lowest BCUT2D eigenvalue weighted by Gasteiger charge is -2.13. The molecule has 0 fully saturated rings. The van der Waals surface area contributed by atoms with E-state index in [4.69, 9.17) is 10.8 Å². The Morgan fingerprint density at radius 3 is 2.42 bits per heavy atom. The molecule has 0 radical (unpaired) electrons. The van der Waals surface area contributed by atoms with Gasteiger partial charge in [-0.25, -0.2) is 0 Å². The Balaban J connectivity index is 3.80. The molecule has 5 heteroatoms. The van der Waals surface area contributed by atoms with E-state index >= 15 is 0 Å². The SMILES string of the molecule is CC(=O)CNC(=O)C(N)C(C)O. The molecule has 70 valence electrons. The minimum atomic E-state index is -0.968. The van der Waals surface area contributed by atoms with E-state index in [0.717, 1.165) is 0 Å². The highest BCUT2D eigenvalue weighted by molar-refractivity contribution is 5.87. The van der Waals surface area contributed by atoms with E-state index in [9.17, 15) is 9.59 Å². The van der Waals surface area contributed by atoms with E-state index in [1.165, 1.54) is 13.8 Å². The molecule has 1 amide bonds. The van der Waals surface area contributed by atoms with Gasteiger partial charge in [-0.3, -0.25) is 9.59 Å². The maximum absolute atomic E-state index is 10.9. The summed E-state index contributed by atoms with van der Waals surface area (Å²) in [6.07, 6.45) is -0.906. The van der Waals surface area contributed by atoms with Gasteiger partial charge in [0.1, 0.15) is 11.8 Å². The predicted octanol–water partition coefficient (Wildman–Crippen LogP) is -1.60. The lowest BCUT2D eigenvalue weighted by Crippen LogP contribution is -2.48. The highest BCUT2D eigenvalue weighted by atomic mass is 16.3. The quantitative estimate of drug-likeness (QED) is 0.478. The topological polar surface area (TPSA) is 92.4 Å². The van der Waals surface area contributed by atoms with E-state index in [1.807, 2.05) is 0 Å². The Kier molecular flexibility index (Phi) is 4.46. The summed E-state index contributed by atoms with van der Waals surface area (Å²) in [7, 11) is 0. The molecule has 0 aliphatic heterocycles. The van der Waals surface area contributed by atoms with E-state index in [2.05, 4.69) is 5.32 Å². The van der Waals surface area contributed by atoms with Gasteiger partial charge in [-0.15, -0.1) is 0 Å². The molecule has 2 unspecified atom stereocenters. The van der Waals surface area contributed by atoms with Crippen molar-refractivity contribution in [3.63, 3.8) is 0 Å². The maximum Gasteiger partial charge on any atom is 0.239 e. The molecule has 5 nitrogen and oxygen atoms in total. The summed E-state index contributed by atoms with van der Waals surface area (Å²) in [6.45, 7) is 2.73. The summed E-state index contributed by atoms with van der Waals surface area (Å²) < 4.78 is 0. The Morgan fingerprint density at radius 2 is 2.08 bits per heavy atom. The molecule has 0 rings (SSSR count). The van der Waals surface area contributed by atoms with Gasteiger partial charge in [0, 0.05) is 0 Å². The van der Waals surface area contributed by atoms with Crippen molar-refractivity contribution in [3.05, 3.63) is 0 Å². The van der Waals surface area contributed by atoms with Gasteiger partial charge in [-0.2, -0.15) is 0 Å². The number of carbonyl (C=O) groups is 2. The van der Waals surface area contributed by atoms with Crippen molar-refractivity contribution >= 4 is 11.7 Å². The molecular weight excluding hydrogens is 160 g/mol. The monoisotopic (exact) mass is 174 g/mol. The molecule has 0 spiro atoms. The predicted molar refractivity (Wildman–Crippen MR) is 43.3 cm³/mol. The fourth-order valence-electron chi connectivity index (χ4n) is 0.549. The van der Waals surface area contributed by atoms with Gasteiger partial charge < -0.3 is 16.2 Å². The van der Waals surface area contributed by atoms with Crippen molar-refractivity contribution in [2.24, 2.45) is 5.73 Å². The summed E-state index contributed by atoms with van der Waals surface area (Å²) >= 11 is 0. The van der Waals surface area contributed by atoms with Gasteiger partial charge >= 0.3 is 0 Å². The van der Waals surface area contributed by atoms with Crippen LogP contribution < -0.4 is 11.1 Å². The van der Waals surface area contributed by atoms with Crippen molar-refractivity contribution in [2.45, 2.75) is 26.0 Å². The molecule has 4 N–H and O–H groups in total. The van der Waals surface area contributed by atoms with Crippen molar-refractivity contribution < 1.29 is 14.7 Å². The summed E-state index contributed by atoms with van der Waals surface area (Å²) in [6, 6.07) is -0.968. The van der Waals surface area contributed by atoms with E-state index in [-0.39, 0.29) is 12.3 Å². The molecule has 0 aliphatic rings. The van der Waals surface area contributed by atoms with Crippen molar-refractivity contribution in [1.82, 2.24) is 5.32 Å². The van der Waals surface area contributed by atoms with Gasteiger partial charge in [0.15, 0.2) is 0 Å². The van der Waals surface area contributed by atoms with Crippen LogP contribution in [0.1, 0.15) is 13.8 Å². The van der Waals surface area contributed by atoms with Crippen LogP contribution in [0, 0.1) is 0 Å². The first-order valence-electron chi connectivity index (χ1n) is 3.66. The Bertz CT molecular complexity index is 179. The van der Waals surface area contributed by atoms with Crippen molar-refractivity contribution in [2.75, 3.05) is 6.54 Å². The van der Waals surface area contributed by atoms with Gasteiger partial charge in [0.05, 0.1) is 12.6 Å². The Hall–Kier alpha value is -0.940. The zero-order chi connectivity index (χ0) is 9.72. The van der Waals surface area contributed by atoms with Crippen LogP contribution in [-0.4, -0.2) is 35.5 Å². The van der Waals surface area contributed by atoms with Crippen molar-refractivity contribution in [3.8, 4) is 0 Å². The number of ketones is 1. The standard InChI is InChI=1S/C7H14N2O3/c1-4(10)3-9-7(12)6(8)5(2)11/h5-6,11H,3,8H2,1-2H3,(H,9,12). The fraction of sp³-hybridized carbons (Fsp3) is 0.714. The third kappa shape index (κ3) is 4.05. The minimum Gasteiger partial charge on any atom is -0.391 e. The molecule has 0 aromatic carbocycles. The van der Waals surface area contributed by atoms with Crippen LogP contribution in [-0.2, 0) is 9.59 Å². The van der Waals surface area contributed by atoms with E-state index < -0.39 is 18.1 Å². The third-order valence-electron chi connectivity index (χ3n) is 1.33. The summed E-state index contributed by atoms with van der Waals surface area (Å²) in [5.74, 6) is -0.665. The molecule has 12 heavy (non-hydrogen) atoms. The normalized spacial score (nSPS) is 15.0. The van der Waals surface area contributed by atoms with Crippen LogP contribution in [0.2, 0.25) is 0 Å². The molecular formula is C7H14N2O3. The number of Topliss-reactive ketones (excluding diaryl/α,β-unsaturated/α-hetero) is 1. The second kappa shape index (κ2) is 4.84. The van der Waals surface area contributed by atoms with Gasteiger partial charge in [0.25, 0.3) is 0 Å². The van der Waals surface area contributed by atoms with Crippen LogP contribution in [0.15, 0.2) is 0 Å². The third-order valence-corrected chi connectivity index (χ3v) is 1.33. The summed E-state index contributed by atoms with van der Waals surface area (Å²) in [5.41, 5.74) is 5.27. The number of hydrogen-bond acceptors (Lipinski definition) is 4. The second-order valence-corrected chi connectivity index (χ2v) is 2.69. The second-order valence-electron chi connectivity index (χ2n) is 2.69. The van der Waals surface area contributed by atoms with E-state index in [1.54, 1.807) is 0 Å².